The van der Waals surface area contributed by atoms with E-state index in [9.17, 15) is 13.2 Å². The highest BCUT2D eigenvalue weighted by atomic mass is 32.2. The summed E-state index contributed by atoms with van der Waals surface area (Å²) in [6, 6.07) is 6.20. The van der Waals surface area contributed by atoms with E-state index in [1.807, 2.05) is 0 Å². The molecule has 7 heteroatoms. The molecule has 116 valence electrons. The molecule has 0 heterocycles. The molecule has 0 aliphatic heterocycles. The van der Waals surface area contributed by atoms with Crippen LogP contribution in [0.2, 0.25) is 0 Å². The Balaban J connectivity index is 2.01. The van der Waals surface area contributed by atoms with Gasteiger partial charge in [0, 0.05) is 18.2 Å². The van der Waals surface area contributed by atoms with Crippen LogP contribution in [0, 0.1) is 0 Å². The van der Waals surface area contributed by atoms with Gasteiger partial charge >= 0.3 is 0 Å². The number of hydrogen-bond acceptors (Lipinski definition) is 4. The first-order chi connectivity index (χ1) is 9.87. The highest BCUT2D eigenvalue weighted by Crippen LogP contribution is 2.23. The quantitative estimate of drug-likeness (QED) is 0.705. The molecule has 1 atom stereocenters. The normalized spacial score (nSPS) is 16.5. The zero-order valence-corrected chi connectivity index (χ0v) is 12.7. The molecule has 21 heavy (non-hydrogen) atoms. The summed E-state index contributed by atoms with van der Waals surface area (Å²) in [4.78, 5) is 11.8. The van der Waals surface area contributed by atoms with Crippen LogP contribution in [0.15, 0.2) is 29.2 Å². The van der Waals surface area contributed by atoms with E-state index >= 15 is 0 Å². The predicted octanol–water partition coefficient (Wildman–Crippen LogP) is 1.23. The number of anilines is 1. The number of amides is 1. The van der Waals surface area contributed by atoms with Crippen molar-refractivity contribution in [2.45, 2.75) is 49.6 Å². The van der Waals surface area contributed by atoms with Crippen LogP contribution in [0.4, 0.5) is 5.69 Å². The van der Waals surface area contributed by atoms with E-state index in [1.54, 1.807) is 19.1 Å². The lowest BCUT2D eigenvalue weighted by atomic mass is 10.2. The van der Waals surface area contributed by atoms with Crippen molar-refractivity contribution >= 4 is 21.6 Å². The van der Waals surface area contributed by atoms with E-state index in [0.717, 1.165) is 12.8 Å². The van der Waals surface area contributed by atoms with E-state index in [1.165, 1.54) is 12.1 Å². The Morgan fingerprint density at radius 2 is 2.14 bits per heavy atom. The monoisotopic (exact) mass is 312 g/mol. The van der Waals surface area contributed by atoms with Gasteiger partial charge in [0.2, 0.25) is 15.9 Å². The second-order valence-corrected chi connectivity index (χ2v) is 7.07. The van der Waals surface area contributed by atoms with Gasteiger partial charge < -0.3 is 10.4 Å². The number of nitrogens with one attached hydrogen (secondary N) is 2. The summed E-state index contributed by atoms with van der Waals surface area (Å²) in [6.07, 6.45) is 1.76. The summed E-state index contributed by atoms with van der Waals surface area (Å²) in [5.41, 5.74) is 0.435. The standard InChI is InChI=1S/C14H20N2O4S/c1-10(17)5-8-14(18)15-12-3-2-4-13(9-12)21(19,20)16-11-6-7-11/h2-4,9-11,16-17H,5-8H2,1H3,(H,15,18). The minimum absolute atomic E-state index is 0.0410. The lowest BCUT2D eigenvalue weighted by Gasteiger charge is -2.09. The average molecular weight is 312 g/mol. The van der Waals surface area contributed by atoms with Gasteiger partial charge in [0.15, 0.2) is 0 Å². The molecule has 0 saturated heterocycles. The molecular weight excluding hydrogens is 292 g/mol. The number of rotatable bonds is 7. The number of carbonyl (C=O) groups excluding carboxylic acids is 1. The fraction of sp³-hybridized carbons (Fsp3) is 0.500. The third kappa shape index (κ3) is 5.11. The first-order valence-electron chi connectivity index (χ1n) is 6.97. The fourth-order valence-electron chi connectivity index (χ4n) is 1.79. The maximum atomic E-state index is 12.1. The SMILES string of the molecule is CC(O)CCC(=O)Nc1cccc(S(=O)(=O)NC2CC2)c1. The molecule has 1 aliphatic carbocycles. The number of benzene rings is 1. The number of hydrogen-bond donors (Lipinski definition) is 3. The zero-order chi connectivity index (χ0) is 15.5. The number of carbonyl (C=O) groups is 1. The average Bonchev–Trinajstić information content (AvgIpc) is 3.20. The minimum Gasteiger partial charge on any atom is -0.393 e. The number of aliphatic hydroxyl groups is 1. The lowest BCUT2D eigenvalue weighted by Crippen LogP contribution is -2.25. The third-order valence-electron chi connectivity index (χ3n) is 3.12. The minimum atomic E-state index is -3.52. The maximum absolute atomic E-state index is 12.1. The van der Waals surface area contributed by atoms with Gasteiger partial charge in [0.25, 0.3) is 0 Å². The molecule has 0 spiro atoms. The second-order valence-electron chi connectivity index (χ2n) is 5.36. The molecule has 1 aromatic rings. The second kappa shape index (κ2) is 6.55. The zero-order valence-electron chi connectivity index (χ0n) is 11.9. The van der Waals surface area contributed by atoms with Crippen molar-refractivity contribution in [3.63, 3.8) is 0 Å². The molecule has 1 saturated carbocycles. The molecule has 1 aliphatic rings. The van der Waals surface area contributed by atoms with Gasteiger partial charge in [-0.15, -0.1) is 0 Å². The van der Waals surface area contributed by atoms with Crippen molar-refractivity contribution in [2.24, 2.45) is 0 Å². The van der Waals surface area contributed by atoms with Crippen LogP contribution in [0.5, 0.6) is 0 Å². The summed E-state index contributed by atoms with van der Waals surface area (Å²) in [5, 5.41) is 11.8. The van der Waals surface area contributed by atoms with Crippen molar-refractivity contribution in [3.8, 4) is 0 Å². The van der Waals surface area contributed by atoms with E-state index in [-0.39, 0.29) is 23.3 Å². The topological polar surface area (TPSA) is 95.5 Å². The van der Waals surface area contributed by atoms with Crippen LogP contribution >= 0.6 is 0 Å². The summed E-state index contributed by atoms with van der Waals surface area (Å²) in [7, 11) is -3.52. The van der Waals surface area contributed by atoms with E-state index in [4.69, 9.17) is 5.11 Å². The molecule has 1 fully saturated rings. The van der Waals surface area contributed by atoms with Gasteiger partial charge in [0.1, 0.15) is 0 Å². The van der Waals surface area contributed by atoms with Crippen LogP contribution in [0.25, 0.3) is 0 Å². The van der Waals surface area contributed by atoms with Crippen LogP contribution in [-0.2, 0) is 14.8 Å². The fourth-order valence-corrected chi connectivity index (χ4v) is 3.14. The molecule has 6 nitrogen and oxygen atoms in total. The first-order valence-corrected chi connectivity index (χ1v) is 8.45. The smallest absolute Gasteiger partial charge is 0.240 e. The maximum Gasteiger partial charge on any atom is 0.240 e. The van der Waals surface area contributed by atoms with Crippen molar-refractivity contribution in [1.29, 1.82) is 0 Å². The lowest BCUT2D eigenvalue weighted by molar-refractivity contribution is -0.116. The third-order valence-corrected chi connectivity index (χ3v) is 4.63. The van der Waals surface area contributed by atoms with Gasteiger partial charge in [-0.1, -0.05) is 6.07 Å². The Morgan fingerprint density at radius 1 is 1.43 bits per heavy atom. The van der Waals surface area contributed by atoms with Gasteiger partial charge in [-0.05, 0) is 44.4 Å². The highest BCUT2D eigenvalue weighted by Gasteiger charge is 2.28. The highest BCUT2D eigenvalue weighted by molar-refractivity contribution is 7.89. The summed E-state index contributed by atoms with van der Waals surface area (Å²) < 4.78 is 26.8. The van der Waals surface area contributed by atoms with E-state index in [2.05, 4.69) is 10.0 Å². The van der Waals surface area contributed by atoms with Crippen molar-refractivity contribution in [2.75, 3.05) is 5.32 Å². The predicted molar refractivity (Wildman–Crippen MR) is 79.3 cm³/mol. The molecule has 1 amide bonds. The van der Waals surface area contributed by atoms with Crippen LogP contribution < -0.4 is 10.0 Å². The molecule has 0 radical (unpaired) electrons. The Bertz CT molecular complexity index is 609. The molecule has 3 N–H and O–H groups in total. The summed E-state index contributed by atoms with van der Waals surface area (Å²) in [6.45, 7) is 1.62. The van der Waals surface area contributed by atoms with Gasteiger partial charge in [-0.2, -0.15) is 0 Å². The Kier molecular flexibility index (Phi) is 4.97. The number of aliphatic hydroxyl groups excluding tert-OH is 1. The van der Waals surface area contributed by atoms with Gasteiger partial charge in [-0.25, -0.2) is 13.1 Å². The van der Waals surface area contributed by atoms with E-state index in [0.29, 0.717) is 12.1 Å². The van der Waals surface area contributed by atoms with Gasteiger partial charge in [-0.3, -0.25) is 4.79 Å². The largest absolute Gasteiger partial charge is 0.393 e. The molecule has 2 rings (SSSR count). The van der Waals surface area contributed by atoms with Crippen LogP contribution in [0.3, 0.4) is 0 Å². The molecule has 0 bridgehead atoms. The van der Waals surface area contributed by atoms with E-state index < -0.39 is 16.1 Å². The Morgan fingerprint density at radius 3 is 2.76 bits per heavy atom. The number of sulfonamides is 1. The van der Waals surface area contributed by atoms with Crippen molar-refractivity contribution in [1.82, 2.24) is 4.72 Å². The van der Waals surface area contributed by atoms with Crippen LogP contribution in [-0.4, -0.2) is 31.6 Å². The summed E-state index contributed by atoms with van der Waals surface area (Å²) in [5.74, 6) is -0.249. The Hall–Kier alpha value is -1.44. The van der Waals surface area contributed by atoms with Crippen molar-refractivity contribution in [3.05, 3.63) is 24.3 Å². The Labute approximate surface area is 124 Å². The first kappa shape index (κ1) is 15.9. The van der Waals surface area contributed by atoms with Gasteiger partial charge in [0.05, 0.1) is 11.0 Å². The molecule has 1 aromatic carbocycles. The molecule has 1 unspecified atom stereocenters. The van der Waals surface area contributed by atoms with Crippen molar-refractivity contribution < 1.29 is 18.3 Å². The van der Waals surface area contributed by atoms with Crippen LogP contribution in [0.1, 0.15) is 32.6 Å². The molecule has 0 aromatic heterocycles. The molecular formula is C14H20N2O4S. The summed E-state index contributed by atoms with van der Waals surface area (Å²) >= 11 is 0.